The molecule has 0 aromatic heterocycles. The molecule has 0 radical (unpaired) electrons. The van der Waals surface area contributed by atoms with Gasteiger partial charge in [0.2, 0.25) is 0 Å². The Bertz CT molecular complexity index is 760. The third-order valence-electron chi connectivity index (χ3n) is 3.21. The molecule has 0 atom stereocenters. The Kier molecular flexibility index (Phi) is 6.82. The van der Waals surface area contributed by atoms with Crippen LogP contribution in [0.2, 0.25) is 0 Å². The number of hydrogen-bond donors (Lipinski definition) is 2. The summed E-state index contributed by atoms with van der Waals surface area (Å²) < 4.78 is 11.8. The van der Waals surface area contributed by atoms with Crippen LogP contribution in [-0.2, 0) is 0 Å². The first kappa shape index (κ1) is 18.8. The van der Waals surface area contributed by atoms with Crippen LogP contribution in [0.4, 0.5) is 0 Å². The Morgan fingerprint density at radius 2 is 2.04 bits per heavy atom. The maximum Gasteiger partial charge on any atom is 0.271 e. The van der Waals surface area contributed by atoms with Crippen molar-refractivity contribution in [2.75, 3.05) is 13.7 Å². The number of halogens is 1. The Labute approximate surface area is 154 Å². The molecule has 2 aromatic carbocycles. The molecular formula is C18H19BrN2O4. The van der Waals surface area contributed by atoms with Crippen LogP contribution in [0.5, 0.6) is 17.2 Å². The Morgan fingerprint density at radius 1 is 1.32 bits per heavy atom. The highest BCUT2D eigenvalue weighted by Gasteiger charge is 2.11. The number of aromatic hydroxyl groups is 1. The molecule has 0 bridgehead atoms. The first-order chi connectivity index (χ1) is 12.0. The summed E-state index contributed by atoms with van der Waals surface area (Å²) in [5.74, 6) is 0.941. The van der Waals surface area contributed by atoms with Gasteiger partial charge in [0.25, 0.3) is 5.91 Å². The van der Waals surface area contributed by atoms with E-state index in [1.54, 1.807) is 13.2 Å². The van der Waals surface area contributed by atoms with E-state index < -0.39 is 0 Å². The molecule has 0 saturated carbocycles. The second-order valence-corrected chi connectivity index (χ2v) is 5.98. The van der Waals surface area contributed by atoms with Crippen molar-refractivity contribution in [1.29, 1.82) is 0 Å². The molecule has 0 unspecified atom stereocenters. The van der Waals surface area contributed by atoms with Gasteiger partial charge in [-0.2, -0.15) is 5.10 Å². The van der Waals surface area contributed by atoms with Crippen molar-refractivity contribution >= 4 is 28.1 Å². The van der Waals surface area contributed by atoms with Gasteiger partial charge < -0.3 is 14.6 Å². The number of phenolic OH excluding ortho intramolecular Hbond substituents is 1. The molecule has 0 aliphatic carbocycles. The molecule has 7 heteroatoms. The fraction of sp³-hybridized carbons (Fsp3) is 0.222. The number of carbonyl (C=O) groups is 1. The van der Waals surface area contributed by atoms with Crippen LogP contribution in [0.1, 0.15) is 29.3 Å². The minimum Gasteiger partial charge on any atom is -0.508 e. The number of ether oxygens (including phenoxy) is 2. The van der Waals surface area contributed by atoms with Crippen molar-refractivity contribution in [3.8, 4) is 17.2 Å². The number of rotatable bonds is 7. The predicted octanol–water partition coefficient (Wildman–Crippen LogP) is 3.72. The van der Waals surface area contributed by atoms with E-state index in [4.69, 9.17) is 9.47 Å². The van der Waals surface area contributed by atoms with Crippen LogP contribution in [-0.4, -0.2) is 30.9 Å². The average Bonchev–Trinajstić information content (AvgIpc) is 2.61. The lowest BCUT2D eigenvalue weighted by Gasteiger charge is -2.12. The molecule has 2 rings (SSSR count). The van der Waals surface area contributed by atoms with Gasteiger partial charge in [-0.05, 0) is 64.3 Å². The molecule has 2 aromatic rings. The molecule has 2 N–H and O–H groups in total. The number of amides is 1. The summed E-state index contributed by atoms with van der Waals surface area (Å²) in [5, 5.41) is 13.2. The minimum atomic E-state index is -0.370. The third kappa shape index (κ3) is 5.22. The van der Waals surface area contributed by atoms with Crippen LogP contribution in [0, 0.1) is 0 Å². The smallest absolute Gasteiger partial charge is 0.271 e. The third-order valence-corrected chi connectivity index (χ3v) is 3.80. The number of methoxy groups -OCH3 is 1. The fourth-order valence-corrected chi connectivity index (χ4v) is 2.58. The summed E-state index contributed by atoms with van der Waals surface area (Å²) in [6, 6.07) is 9.50. The number of nitrogens with one attached hydrogen (secondary N) is 1. The van der Waals surface area contributed by atoms with Crippen molar-refractivity contribution in [3.05, 3.63) is 52.0 Å². The zero-order valence-corrected chi connectivity index (χ0v) is 15.5. The maximum atomic E-state index is 11.9. The van der Waals surface area contributed by atoms with Crippen molar-refractivity contribution < 1.29 is 19.4 Å². The lowest BCUT2D eigenvalue weighted by atomic mass is 10.2. The predicted molar refractivity (Wildman–Crippen MR) is 99.6 cm³/mol. The monoisotopic (exact) mass is 406 g/mol. The second kappa shape index (κ2) is 9.08. The molecule has 0 fully saturated rings. The standard InChI is InChI=1S/C18H19BrN2O4/c1-3-8-25-17-15(19)9-12(10-16(17)24-2)11-20-21-18(23)13-4-6-14(22)7-5-13/h4-7,9-11,22H,3,8H2,1-2H3,(H,21,23)/b20-11-. The zero-order chi connectivity index (χ0) is 18.2. The molecule has 0 heterocycles. The lowest BCUT2D eigenvalue weighted by Crippen LogP contribution is -2.17. The second-order valence-electron chi connectivity index (χ2n) is 5.13. The number of hydrogen-bond acceptors (Lipinski definition) is 5. The molecule has 0 saturated heterocycles. The molecule has 0 spiro atoms. The highest BCUT2D eigenvalue weighted by Crippen LogP contribution is 2.36. The number of phenols is 1. The number of nitrogens with zero attached hydrogens (tertiary/aromatic N) is 1. The van der Waals surface area contributed by atoms with Gasteiger partial charge in [-0.3, -0.25) is 4.79 Å². The highest BCUT2D eigenvalue weighted by molar-refractivity contribution is 9.10. The Balaban J connectivity index is 2.08. The molecular weight excluding hydrogens is 388 g/mol. The summed E-state index contributed by atoms with van der Waals surface area (Å²) in [7, 11) is 1.56. The van der Waals surface area contributed by atoms with Gasteiger partial charge in [0.05, 0.1) is 24.4 Å². The summed E-state index contributed by atoms with van der Waals surface area (Å²) in [4.78, 5) is 11.9. The summed E-state index contributed by atoms with van der Waals surface area (Å²) in [5.41, 5.74) is 3.57. The van der Waals surface area contributed by atoms with Gasteiger partial charge in [0.1, 0.15) is 5.75 Å². The molecule has 6 nitrogen and oxygen atoms in total. The lowest BCUT2D eigenvalue weighted by molar-refractivity contribution is 0.0955. The fourth-order valence-electron chi connectivity index (χ4n) is 2.00. The van der Waals surface area contributed by atoms with E-state index in [1.807, 2.05) is 13.0 Å². The zero-order valence-electron chi connectivity index (χ0n) is 14.0. The SMILES string of the molecule is CCCOc1c(Br)cc(/C=N\NC(=O)c2ccc(O)cc2)cc1OC. The van der Waals surface area contributed by atoms with Crippen molar-refractivity contribution in [1.82, 2.24) is 5.43 Å². The van der Waals surface area contributed by atoms with E-state index in [1.165, 1.54) is 30.5 Å². The highest BCUT2D eigenvalue weighted by atomic mass is 79.9. The van der Waals surface area contributed by atoms with Crippen LogP contribution in [0.25, 0.3) is 0 Å². The molecule has 0 aliphatic rings. The molecule has 0 aliphatic heterocycles. The minimum absolute atomic E-state index is 0.0994. The van der Waals surface area contributed by atoms with Crippen molar-refractivity contribution in [2.24, 2.45) is 5.10 Å². The maximum absolute atomic E-state index is 11.9. The number of carbonyl (C=O) groups excluding carboxylic acids is 1. The summed E-state index contributed by atoms with van der Waals surface area (Å²) >= 11 is 3.46. The average molecular weight is 407 g/mol. The van der Waals surface area contributed by atoms with Gasteiger partial charge >= 0.3 is 0 Å². The van der Waals surface area contributed by atoms with Crippen LogP contribution in [0.15, 0.2) is 46.0 Å². The van der Waals surface area contributed by atoms with Crippen LogP contribution < -0.4 is 14.9 Å². The van der Waals surface area contributed by atoms with Crippen LogP contribution in [0.3, 0.4) is 0 Å². The first-order valence-corrected chi connectivity index (χ1v) is 8.47. The topological polar surface area (TPSA) is 80.2 Å². The normalized spacial score (nSPS) is 10.7. The van der Waals surface area contributed by atoms with E-state index in [9.17, 15) is 9.90 Å². The quantitative estimate of drug-likeness (QED) is 0.542. The van der Waals surface area contributed by atoms with Gasteiger partial charge in [0, 0.05) is 5.56 Å². The summed E-state index contributed by atoms with van der Waals surface area (Å²) in [6.45, 7) is 2.61. The van der Waals surface area contributed by atoms with E-state index in [2.05, 4.69) is 26.5 Å². The van der Waals surface area contributed by atoms with Gasteiger partial charge in [-0.1, -0.05) is 6.92 Å². The van der Waals surface area contributed by atoms with Gasteiger partial charge in [-0.25, -0.2) is 5.43 Å². The Morgan fingerprint density at radius 3 is 2.68 bits per heavy atom. The molecule has 25 heavy (non-hydrogen) atoms. The van der Waals surface area contributed by atoms with Gasteiger partial charge in [0.15, 0.2) is 11.5 Å². The van der Waals surface area contributed by atoms with Crippen LogP contribution >= 0.6 is 15.9 Å². The molecule has 1 amide bonds. The largest absolute Gasteiger partial charge is 0.508 e. The van der Waals surface area contributed by atoms with E-state index in [-0.39, 0.29) is 11.7 Å². The Hall–Kier alpha value is -2.54. The molecule has 132 valence electrons. The first-order valence-electron chi connectivity index (χ1n) is 7.68. The van der Waals surface area contributed by atoms with Crippen molar-refractivity contribution in [2.45, 2.75) is 13.3 Å². The summed E-state index contributed by atoms with van der Waals surface area (Å²) in [6.07, 6.45) is 2.40. The van der Waals surface area contributed by atoms with Crippen molar-refractivity contribution in [3.63, 3.8) is 0 Å². The van der Waals surface area contributed by atoms with Gasteiger partial charge in [-0.15, -0.1) is 0 Å². The number of hydrazone groups is 1. The van der Waals surface area contributed by atoms with E-state index in [0.29, 0.717) is 23.7 Å². The van der Waals surface area contributed by atoms with E-state index >= 15 is 0 Å². The number of benzene rings is 2. The van der Waals surface area contributed by atoms with E-state index in [0.717, 1.165) is 16.5 Å².